The minimum absolute atomic E-state index is 0. The fraction of sp³-hybridized carbons (Fsp3) is 0. The number of carbonyl (C=O) groups excluding carboxylic acids is 3. The molecule has 0 spiro atoms. The summed E-state index contributed by atoms with van der Waals surface area (Å²) >= 11 is 0. The van der Waals surface area contributed by atoms with Gasteiger partial charge in [0.25, 0.3) is 0 Å². The van der Waals surface area contributed by atoms with E-state index < -0.39 is 17.9 Å². The van der Waals surface area contributed by atoms with Crippen LogP contribution in [0.1, 0.15) is 31.1 Å². The second-order valence-electron chi connectivity index (χ2n) is 3.73. The van der Waals surface area contributed by atoms with Gasteiger partial charge in [0.2, 0.25) is 0 Å². The van der Waals surface area contributed by atoms with Gasteiger partial charge < -0.3 is 29.9 Å². The van der Waals surface area contributed by atoms with Crippen LogP contribution in [-0.4, -0.2) is 69.0 Å². The molecule has 0 atom stereocenters. The molecular weight excluding hydrogens is 343 g/mol. The first-order valence-electron chi connectivity index (χ1n) is 5.73. The SMILES string of the molecule is O=C([O-])c1ccccc1C(=O)O[O-].O=C([O-])c1cccnc1.[Mg+2].[Mg+2]. The predicted octanol–water partition coefficient (Wildman–Crippen LogP) is -2.83. The van der Waals surface area contributed by atoms with Crippen LogP contribution >= 0.6 is 0 Å². The molecule has 0 unspecified atom stereocenters. The summed E-state index contributed by atoms with van der Waals surface area (Å²) in [7, 11) is 0. The molecule has 0 aliphatic heterocycles. The zero-order valence-electron chi connectivity index (χ0n) is 12.3. The molecule has 0 bridgehead atoms. The van der Waals surface area contributed by atoms with E-state index >= 15 is 0 Å². The second kappa shape index (κ2) is 12.7. The standard InChI is InChI=1S/C8H6O5.C6H5NO2.2Mg/c9-7(10)5-3-1-2-4-6(5)8(11)13-12;8-6(9)5-2-1-3-7-4-5;;/h1-4,12H,(H,9,10);1-4H,(H,8,9);;/q;;2*+2/p-3. The molecule has 1 aromatic heterocycles. The Bertz CT molecular complexity index is 680. The number of carbonyl (C=O) groups is 3. The molecule has 2 rings (SSSR count). The summed E-state index contributed by atoms with van der Waals surface area (Å²) in [6.45, 7) is 0. The second-order valence-corrected chi connectivity index (χ2v) is 3.73. The summed E-state index contributed by atoms with van der Waals surface area (Å²) in [6.07, 6.45) is 2.75. The first kappa shape index (κ1) is 24.5. The van der Waals surface area contributed by atoms with Gasteiger partial charge in [0, 0.05) is 23.5 Å². The van der Waals surface area contributed by atoms with Crippen LogP contribution in [0.15, 0.2) is 48.8 Å². The molecule has 114 valence electrons. The Morgan fingerprint density at radius 1 is 0.875 bits per heavy atom. The van der Waals surface area contributed by atoms with Crippen molar-refractivity contribution in [3.63, 3.8) is 0 Å². The molecule has 0 saturated carbocycles. The molecule has 0 aliphatic carbocycles. The Morgan fingerprint density at radius 2 is 1.46 bits per heavy atom. The summed E-state index contributed by atoms with van der Waals surface area (Å²) in [5.74, 6) is -3.95. The largest absolute Gasteiger partial charge is 2.00 e. The summed E-state index contributed by atoms with van der Waals surface area (Å²) in [4.78, 5) is 37.9. The van der Waals surface area contributed by atoms with E-state index in [1.165, 1.54) is 36.7 Å². The topological polar surface area (TPSA) is 143 Å². The molecular formula is C14H8Mg2NO7+. The van der Waals surface area contributed by atoms with E-state index in [2.05, 4.69) is 9.87 Å². The molecule has 0 fully saturated rings. The number of carboxylic acid groups (broad SMARTS) is 2. The first-order valence-corrected chi connectivity index (χ1v) is 5.73. The van der Waals surface area contributed by atoms with Crippen molar-refractivity contribution in [2.75, 3.05) is 0 Å². The van der Waals surface area contributed by atoms with Crippen LogP contribution in [0.4, 0.5) is 0 Å². The minimum atomic E-state index is -1.53. The molecule has 0 radical (unpaired) electrons. The normalized spacial score (nSPS) is 8.38. The predicted molar refractivity (Wildman–Crippen MR) is 76.3 cm³/mol. The number of aromatic carboxylic acids is 2. The zero-order valence-corrected chi connectivity index (χ0v) is 15.2. The fourth-order valence-electron chi connectivity index (χ4n) is 1.37. The molecule has 0 saturated heterocycles. The summed E-state index contributed by atoms with van der Waals surface area (Å²) in [5.41, 5.74) is -0.557. The van der Waals surface area contributed by atoms with E-state index in [0.717, 1.165) is 6.07 Å². The van der Waals surface area contributed by atoms with Gasteiger partial charge in [-0.1, -0.05) is 24.3 Å². The summed E-state index contributed by atoms with van der Waals surface area (Å²) in [5, 5.41) is 30.2. The maximum Gasteiger partial charge on any atom is 2.00 e. The molecule has 10 heteroatoms. The summed E-state index contributed by atoms with van der Waals surface area (Å²) < 4.78 is 0. The van der Waals surface area contributed by atoms with Crippen molar-refractivity contribution in [3.8, 4) is 0 Å². The van der Waals surface area contributed by atoms with E-state index in [1.807, 2.05) is 0 Å². The van der Waals surface area contributed by atoms with Crippen LogP contribution in [0.3, 0.4) is 0 Å². The molecule has 0 aliphatic rings. The molecule has 1 aromatic carbocycles. The minimum Gasteiger partial charge on any atom is -0.661 e. The van der Waals surface area contributed by atoms with Crippen LogP contribution < -0.4 is 15.5 Å². The van der Waals surface area contributed by atoms with Crippen LogP contribution in [0.25, 0.3) is 0 Å². The van der Waals surface area contributed by atoms with Crippen molar-refractivity contribution < 1.29 is 34.7 Å². The number of aromatic nitrogens is 1. The maximum atomic E-state index is 10.7. The number of pyridine rings is 1. The Hall–Kier alpha value is -1.73. The molecule has 0 amide bonds. The third kappa shape index (κ3) is 7.70. The van der Waals surface area contributed by atoms with Crippen molar-refractivity contribution in [3.05, 3.63) is 65.5 Å². The first-order chi connectivity index (χ1) is 10.5. The van der Waals surface area contributed by atoms with Crippen molar-refractivity contribution in [1.29, 1.82) is 0 Å². The van der Waals surface area contributed by atoms with Gasteiger partial charge in [-0.3, -0.25) is 4.98 Å². The van der Waals surface area contributed by atoms with Crippen molar-refractivity contribution in [1.82, 2.24) is 4.98 Å². The Balaban J connectivity index is 0. The van der Waals surface area contributed by atoms with Crippen molar-refractivity contribution >= 4 is 64.0 Å². The van der Waals surface area contributed by atoms with Crippen molar-refractivity contribution in [2.45, 2.75) is 0 Å². The Kier molecular flexibility index (Phi) is 12.9. The van der Waals surface area contributed by atoms with E-state index in [0.29, 0.717) is 0 Å². The Labute approximate surface area is 168 Å². The van der Waals surface area contributed by atoms with Crippen LogP contribution in [0.5, 0.6) is 0 Å². The number of hydrogen-bond acceptors (Lipinski definition) is 8. The van der Waals surface area contributed by atoms with Gasteiger partial charge in [-0.15, -0.1) is 0 Å². The quantitative estimate of drug-likeness (QED) is 0.327. The maximum absolute atomic E-state index is 10.7. The number of nitrogens with zero attached hydrogens (tertiary/aromatic N) is 1. The number of rotatable bonds is 3. The zero-order chi connectivity index (χ0) is 16.5. The average molecular weight is 351 g/mol. The van der Waals surface area contributed by atoms with Crippen molar-refractivity contribution in [2.24, 2.45) is 0 Å². The third-order valence-corrected chi connectivity index (χ3v) is 2.34. The summed E-state index contributed by atoms with van der Waals surface area (Å²) in [6, 6.07) is 8.13. The van der Waals surface area contributed by atoms with Gasteiger partial charge >= 0.3 is 52.1 Å². The average Bonchev–Trinajstić information content (AvgIpc) is 2.55. The van der Waals surface area contributed by atoms with Gasteiger partial charge in [-0.05, 0) is 12.1 Å². The molecule has 24 heavy (non-hydrogen) atoms. The van der Waals surface area contributed by atoms with E-state index in [1.54, 1.807) is 6.07 Å². The molecule has 2 aromatic rings. The van der Waals surface area contributed by atoms with E-state index in [-0.39, 0.29) is 62.8 Å². The van der Waals surface area contributed by atoms with Crippen LogP contribution in [0.2, 0.25) is 0 Å². The number of hydrogen-bond donors (Lipinski definition) is 0. The van der Waals surface area contributed by atoms with Crippen LogP contribution in [-0.2, 0) is 4.89 Å². The fourth-order valence-corrected chi connectivity index (χ4v) is 1.37. The number of benzene rings is 1. The van der Waals surface area contributed by atoms with Crippen LogP contribution in [0, 0.1) is 0 Å². The number of carboxylic acids is 2. The van der Waals surface area contributed by atoms with E-state index in [4.69, 9.17) is 0 Å². The third-order valence-electron chi connectivity index (χ3n) is 2.34. The van der Waals surface area contributed by atoms with Gasteiger partial charge in [0.1, 0.15) is 0 Å². The Morgan fingerprint density at radius 3 is 1.83 bits per heavy atom. The van der Waals surface area contributed by atoms with E-state index in [9.17, 15) is 29.9 Å². The molecule has 1 heterocycles. The van der Waals surface area contributed by atoms with Gasteiger partial charge in [0.05, 0.1) is 17.5 Å². The van der Waals surface area contributed by atoms with Gasteiger partial charge in [-0.2, -0.15) is 0 Å². The monoisotopic (exact) mass is 350 g/mol. The molecule has 8 nitrogen and oxygen atoms in total. The smallest absolute Gasteiger partial charge is 0.661 e. The van der Waals surface area contributed by atoms with Gasteiger partial charge in [-0.25, -0.2) is 4.79 Å². The van der Waals surface area contributed by atoms with Gasteiger partial charge in [0.15, 0.2) is 0 Å². The molecule has 0 N–H and O–H groups in total.